The lowest BCUT2D eigenvalue weighted by Gasteiger charge is -2.06. The molecule has 0 amide bonds. The van der Waals surface area contributed by atoms with Gasteiger partial charge in [-0.1, -0.05) is 69.8 Å². The molecule has 1 heterocycles. The lowest BCUT2D eigenvalue weighted by atomic mass is 10.1. The van der Waals surface area contributed by atoms with Crippen molar-refractivity contribution < 1.29 is 0 Å². The summed E-state index contributed by atoms with van der Waals surface area (Å²) in [6.45, 7) is 2.77. The average Bonchev–Trinajstić information content (AvgIpc) is 2.96. The molecule has 0 radical (unpaired) electrons. The van der Waals surface area contributed by atoms with Crippen LogP contribution in [0.25, 0.3) is 0 Å². The van der Waals surface area contributed by atoms with Gasteiger partial charge in [-0.25, -0.2) is 4.68 Å². The normalized spacial score (nSPS) is 11.0. The van der Waals surface area contributed by atoms with Gasteiger partial charge in [0.1, 0.15) is 0 Å². The summed E-state index contributed by atoms with van der Waals surface area (Å²) in [6, 6.07) is 11.7. The number of aryl methyl sites for hydroxylation is 1. The molecule has 3 aromatic rings. The van der Waals surface area contributed by atoms with Gasteiger partial charge in [0.25, 0.3) is 0 Å². The fourth-order valence-corrected chi connectivity index (χ4v) is 4.14. The van der Waals surface area contributed by atoms with Gasteiger partial charge in [-0.3, -0.25) is 0 Å². The predicted octanol–water partition coefficient (Wildman–Crippen LogP) is 5.89. The van der Waals surface area contributed by atoms with Crippen molar-refractivity contribution in [3.63, 3.8) is 0 Å². The Morgan fingerprint density at radius 1 is 1.04 bits per heavy atom. The second-order valence-corrected chi connectivity index (χ2v) is 7.62. The number of aromatic nitrogens is 3. The van der Waals surface area contributed by atoms with Gasteiger partial charge in [-0.2, -0.15) is 0 Å². The number of thioether (sulfide) groups is 1. The zero-order chi connectivity index (χ0) is 17.1. The fraction of sp³-hybridized carbons (Fsp3) is 0.176. The Labute approximate surface area is 159 Å². The van der Waals surface area contributed by atoms with Gasteiger partial charge < -0.3 is 0 Å². The SMILES string of the molecule is Cc1ccc(Cn2cc(CSc3c(Cl)cc(Cl)cc3Cl)nn2)cc1. The molecule has 24 heavy (non-hydrogen) atoms. The van der Waals surface area contributed by atoms with E-state index in [4.69, 9.17) is 34.8 Å². The third-order valence-corrected chi connectivity index (χ3v) is 5.59. The van der Waals surface area contributed by atoms with Crippen LogP contribution in [0.2, 0.25) is 15.1 Å². The number of halogens is 3. The minimum Gasteiger partial charge on any atom is -0.248 e. The van der Waals surface area contributed by atoms with Crippen LogP contribution in [0.4, 0.5) is 0 Å². The average molecular weight is 399 g/mol. The van der Waals surface area contributed by atoms with Gasteiger partial charge in [-0.05, 0) is 24.6 Å². The molecule has 2 aromatic carbocycles. The molecule has 0 bridgehead atoms. The van der Waals surface area contributed by atoms with Crippen molar-refractivity contribution in [1.82, 2.24) is 15.0 Å². The first kappa shape index (κ1) is 17.6. The summed E-state index contributed by atoms with van der Waals surface area (Å²) in [5, 5.41) is 9.99. The Balaban J connectivity index is 1.65. The predicted molar refractivity (Wildman–Crippen MR) is 101 cm³/mol. The molecule has 1 aromatic heterocycles. The first-order chi connectivity index (χ1) is 11.5. The highest BCUT2D eigenvalue weighted by Gasteiger charge is 2.10. The van der Waals surface area contributed by atoms with E-state index in [2.05, 4.69) is 41.5 Å². The number of rotatable bonds is 5. The zero-order valence-electron chi connectivity index (χ0n) is 12.8. The van der Waals surface area contributed by atoms with E-state index in [9.17, 15) is 0 Å². The molecule has 0 fully saturated rings. The topological polar surface area (TPSA) is 30.7 Å². The van der Waals surface area contributed by atoms with E-state index in [1.54, 1.807) is 12.1 Å². The highest BCUT2D eigenvalue weighted by molar-refractivity contribution is 7.98. The van der Waals surface area contributed by atoms with E-state index in [-0.39, 0.29) is 0 Å². The van der Waals surface area contributed by atoms with Crippen LogP contribution in [0.3, 0.4) is 0 Å². The molecular formula is C17H14Cl3N3S. The minimum absolute atomic E-state index is 0.526. The molecule has 0 aliphatic carbocycles. The Hall–Kier alpha value is -1.20. The minimum atomic E-state index is 0.526. The lowest BCUT2D eigenvalue weighted by Crippen LogP contribution is -2.00. The summed E-state index contributed by atoms with van der Waals surface area (Å²) in [5.41, 5.74) is 3.30. The largest absolute Gasteiger partial charge is 0.248 e. The van der Waals surface area contributed by atoms with Crippen LogP contribution in [0.5, 0.6) is 0 Å². The fourth-order valence-electron chi connectivity index (χ4n) is 2.18. The molecule has 7 heteroatoms. The number of benzene rings is 2. The summed E-state index contributed by atoms with van der Waals surface area (Å²) in [7, 11) is 0. The van der Waals surface area contributed by atoms with Gasteiger partial charge >= 0.3 is 0 Å². The highest BCUT2D eigenvalue weighted by atomic mass is 35.5. The Morgan fingerprint density at radius 2 is 1.71 bits per heavy atom. The van der Waals surface area contributed by atoms with Crippen molar-refractivity contribution in [2.75, 3.05) is 0 Å². The van der Waals surface area contributed by atoms with E-state index < -0.39 is 0 Å². The van der Waals surface area contributed by atoms with E-state index >= 15 is 0 Å². The van der Waals surface area contributed by atoms with Crippen molar-refractivity contribution in [3.05, 3.63) is 74.5 Å². The van der Waals surface area contributed by atoms with E-state index in [0.717, 1.165) is 10.6 Å². The van der Waals surface area contributed by atoms with Crippen molar-refractivity contribution in [3.8, 4) is 0 Å². The molecule has 3 rings (SSSR count). The molecule has 0 saturated heterocycles. The van der Waals surface area contributed by atoms with Crippen LogP contribution in [-0.2, 0) is 12.3 Å². The van der Waals surface area contributed by atoms with Crippen molar-refractivity contribution in [1.29, 1.82) is 0 Å². The maximum atomic E-state index is 6.20. The highest BCUT2D eigenvalue weighted by Crippen LogP contribution is 2.37. The van der Waals surface area contributed by atoms with Crippen LogP contribution in [0.15, 0.2) is 47.5 Å². The van der Waals surface area contributed by atoms with Crippen LogP contribution in [0.1, 0.15) is 16.8 Å². The Kier molecular flexibility index (Phi) is 5.72. The van der Waals surface area contributed by atoms with E-state index in [1.165, 1.54) is 22.9 Å². The monoisotopic (exact) mass is 397 g/mol. The van der Waals surface area contributed by atoms with Crippen LogP contribution < -0.4 is 0 Å². The first-order valence-corrected chi connectivity index (χ1v) is 9.35. The van der Waals surface area contributed by atoms with Crippen molar-refractivity contribution in [2.24, 2.45) is 0 Å². The molecular weight excluding hydrogens is 385 g/mol. The standard InChI is InChI=1S/C17H14Cl3N3S/c1-11-2-4-12(5-3-11)8-23-9-14(21-22-23)10-24-17-15(19)6-13(18)7-16(17)20/h2-7,9H,8,10H2,1H3. The van der Waals surface area contributed by atoms with Gasteiger partial charge in [0.15, 0.2) is 0 Å². The van der Waals surface area contributed by atoms with Gasteiger partial charge in [0.2, 0.25) is 0 Å². The molecule has 0 spiro atoms. The molecule has 124 valence electrons. The van der Waals surface area contributed by atoms with E-state index in [1.807, 2.05) is 10.9 Å². The van der Waals surface area contributed by atoms with Crippen LogP contribution >= 0.6 is 46.6 Å². The molecule has 0 saturated carbocycles. The summed E-state index contributed by atoms with van der Waals surface area (Å²) >= 11 is 19.8. The quantitative estimate of drug-likeness (QED) is 0.502. The zero-order valence-corrected chi connectivity index (χ0v) is 15.9. The third-order valence-electron chi connectivity index (χ3n) is 3.38. The number of nitrogens with zero attached hydrogens (tertiary/aromatic N) is 3. The first-order valence-electron chi connectivity index (χ1n) is 7.23. The van der Waals surface area contributed by atoms with Crippen molar-refractivity contribution in [2.45, 2.75) is 24.1 Å². The summed E-state index contributed by atoms with van der Waals surface area (Å²) < 4.78 is 1.83. The maximum absolute atomic E-state index is 6.20. The molecule has 0 N–H and O–H groups in total. The summed E-state index contributed by atoms with van der Waals surface area (Å²) in [5.74, 6) is 0.634. The van der Waals surface area contributed by atoms with Gasteiger partial charge in [-0.15, -0.1) is 16.9 Å². The summed E-state index contributed by atoms with van der Waals surface area (Å²) in [6.07, 6.45) is 1.94. The molecule has 3 nitrogen and oxygen atoms in total. The third kappa shape index (κ3) is 4.45. The smallest absolute Gasteiger partial charge is 0.0929 e. The lowest BCUT2D eigenvalue weighted by molar-refractivity contribution is 0.649. The van der Waals surface area contributed by atoms with Crippen LogP contribution in [0, 0.1) is 6.92 Å². The van der Waals surface area contributed by atoms with E-state index in [0.29, 0.717) is 27.4 Å². The second kappa shape index (κ2) is 7.79. The second-order valence-electron chi connectivity index (χ2n) is 5.38. The van der Waals surface area contributed by atoms with Gasteiger partial charge in [0, 0.05) is 21.9 Å². The van der Waals surface area contributed by atoms with Gasteiger partial charge in [0.05, 0.1) is 22.3 Å². The molecule has 0 unspecified atom stereocenters. The Morgan fingerprint density at radius 3 is 2.38 bits per heavy atom. The Bertz CT molecular complexity index is 824. The van der Waals surface area contributed by atoms with Crippen LogP contribution in [-0.4, -0.2) is 15.0 Å². The summed E-state index contributed by atoms with van der Waals surface area (Å²) in [4.78, 5) is 0.802. The van der Waals surface area contributed by atoms with Crippen molar-refractivity contribution >= 4 is 46.6 Å². The molecule has 0 aliphatic rings. The molecule has 0 atom stereocenters. The maximum Gasteiger partial charge on any atom is 0.0929 e. The number of hydrogen-bond acceptors (Lipinski definition) is 3. The molecule has 0 aliphatic heterocycles. The number of hydrogen-bond donors (Lipinski definition) is 0.